The quantitative estimate of drug-likeness (QED) is 0.787. The second-order valence-corrected chi connectivity index (χ2v) is 10.2. The Labute approximate surface area is 156 Å². The number of amides is 1. The zero-order valence-corrected chi connectivity index (χ0v) is 17.0. The fourth-order valence-electron chi connectivity index (χ4n) is 3.48. The Hall–Kier alpha value is -1.60. The van der Waals surface area contributed by atoms with Crippen LogP contribution in [0.4, 0.5) is 4.79 Å². The smallest absolute Gasteiger partial charge is 0.408 e. The Morgan fingerprint density at radius 1 is 1.23 bits per heavy atom. The zero-order valence-electron chi connectivity index (χ0n) is 16.2. The highest BCUT2D eigenvalue weighted by Crippen LogP contribution is 2.55. The molecular weight excluding hydrogens is 352 g/mol. The standard InChI is InChI=1S/C19H30N2O4S/c1-6-13-8-10-14(11-9-13)15-16(26(23,24)7-2)19(15,12-20)21-17(22)25-18(3,4)5/h8-11,15-16H,6-7,12,20H2,1-5H3,(H,21,22)/t15-,16+,19-/m1/s1. The average Bonchev–Trinajstić information content (AvgIpc) is 3.22. The first kappa shape index (κ1) is 20.7. The minimum atomic E-state index is -3.40. The molecule has 1 aromatic carbocycles. The Balaban J connectivity index is 2.38. The summed E-state index contributed by atoms with van der Waals surface area (Å²) in [6.07, 6.45) is 0.256. The van der Waals surface area contributed by atoms with Gasteiger partial charge in [0.1, 0.15) is 5.60 Å². The molecule has 0 aromatic heterocycles. The molecule has 0 bridgehead atoms. The predicted octanol–water partition coefficient (Wildman–Crippen LogP) is 2.37. The van der Waals surface area contributed by atoms with Gasteiger partial charge in [0.15, 0.2) is 9.84 Å². The molecule has 26 heavy (non-hydrogen) atoms. The summed E-state index contributed by atoms with van der Waals surface area (Å²) in [4.78, 5) is 12.3. The highest BCUT2D eigenvalue weighted by molar-refractivity contribution is 7.92. The summed E-state index contributed by atoms with van der Waals surface area (Å²) >= 11 is 0. The predicted molar refractivity (Wildman–Crippen MR) is 103 cm³/mol. The first-order valence-corrected chi connectivity index (χ1v) is 10.7. The second-order valence-electron chi connectivity index (χ2n) is 7.82. The van der Waals surface area contributed by atoms with Crippen molar-refractivity contribution < 1.29 is 17.9 Å². The molecule has 7 heteroatoms. The van der Waals surface area contributed by atoms with Crippen molar-refractivity contribution in [3.63, 3.8) is 0 Å². The number of hydrogen-bond acceptors (Lipinski definition) is 5. The lowest BCUT2D eigenvalue weighted by Crippen LogP contribution is -2.49. The fraction of sp³-hybridized carbons (Fsp3) is 0.632. The molecule has 0 aliphatic heterocycles. The highest BCUT2D eigenvalue weighted by atomic mass is 32.2. The Morgan fingerprint density at radius 2 is 1.81 bits per heavy atom. The molecule has 6 nitrogen and oxygen atoms in total. The summed E-state index contributed by atoms with van der Waals surface area (Å²) < 4.78 is 30.7. The van der Waals surface area contributed by atoms with Crippen molar-refractivity contribution in [2.45, 2.75) is 63.3 Å². The molecule has 2 rings (SSSR count). The van der Waals surface area contributed by atoms with Gasteiger partial charge in [0.25, 0.3) is 0 Å². The van der Waals surface area contributed by atoms with E-state index in [0.29, 0.717) is 0 Å². The number of nitrogens with one attached hydrogen (secondary N) is 1. The van der Waals surface area contributed by atoms with Crippen molar-refractivity contribution in [1.29, 1.82) is 0 Å². The van der Waals surface area contributed by atoms with Crippen molar-refractivity contribution in [3.8, 4) is 0 Å². The average molecular weight is 383 g/mol. The minimum Gasteiger partial charge on any atom is -0.444 e. The van der Waals surface area contributed by atoms with Crippen molar-refractivity contribution in [2.24, 2.45) is 5.73 Å². The molecule has 0 radical (unpaired) electrons. The van der Waals surface area contributed by atoms with Crippen LogP contribution in [0.15, 0.2) is 24.3 Å². The van der Waals surface area contributed by atoms with Crippen LogP contribution in [-0.4, -0.2) is 43.2 Å². The van der Waals surface area contributed by atoms with Crippen LogP contribution in [0.25, 0.3) is 0 Å². The maximum Gasteiger partial charge on any atom is 0.408 e. The van der Waals surface area contributed by atoms with Gasteiger partial charge >= 0.3 is 6.09 Å². The lowest BCUT2D eigenvalue weighted by molar-refractivity contribution is 0.0497. The van der Waals surface area contributed by atoms with Gasteiger partial charge in [-0.2, -0.15) is 0 Å². The van der Waals surface area contributed by atoms with Gasteiger partial charge in [0.2, 0.25) is 0 Å². The molecule has 0 heterocycles. The van der Waals surface area contributed by atoms with Gasteiger partial charge in [-0.1, -0.05) is 38.1 Å². The maximum absolute atomic E-state index is 12.7. The summed E-state index contributed by atoms with van der Waals surface area (Å²) in [6.45, 7) is 8.97. The number of hydrogen-bond donors (Lipinski definition) is 2. The van der Waals surface area contributed by atoms with Gasteiger partial charge in [-0.25, -0.2) is 13.2 Å². The summed E-state index contributed by atoms with van der Waals surface area (Å²) in [5.41, 5.74) is 6.30. The highest BCUT2D eigenvalue weighted by Gasteiger charge is 2.71. The molecule has 146 valence electrons. The maximum atomic E-state index is 12.7. The lowest BCUT2D eigenvalue weighted by atomic mass is 10.0. The van der Waals surface area contributed by atoms with E-state index in [1.54, 1.807) is 27.7 Å². The molecule has 3 atom stereocenters. The normalized spacial score (nSPS) is 25.6. The Bertz CT molecular complexity index is 753. The van der Waals surface area contributed by atoms with E-state index in [1.165, 1.54) is 5.56 Å². The minimum absolute atomic E-state index is 0.00103. The van der Waals surface area contributed by atoms with E-state index in [-0.39, 0.29) is 18.2 Å². The van der Waals surface area contributed by atoms with E-state index in [0.717, 1.165) is 12.0 Å². The lowest BCUT2D eigenvalue weighted by Gasteiger charge is -2.24. The molecule has 1 amide bonds. The molecule has 1 saturated carbocycles. The van der Waals surface area contributed by atoms with E-state index in [2.05, 4.69) is 12.2 Å². The Morgan fingerprint density at radius 3 is 2.23 bits per heavy atom. The van der Waals surface area contributed by atoms with Crippen molar-refractivity contribution >= 4 is 15.9 Å². The largest absolute Gasteiger partial charge is 0.444 e. The number of carbonyl (C=O) groups excluding carboxylic acids is 1. The van der Waals surface area contributed by atoms with Crippen LogP contribution in [0, 0.1) is 0 Å². The third-order valence-electron chi connectivity index (χ3n) is 4.86. The topological polar surface area (TPSA) is 98.5 Å². The van der Waals surface area contributed by atoms with E-state index in [4.69, 9.17) is 10.5 Å². The molecule has 3 N–H and O–H groups in total. The first-order chi connectivity index (χ1) is 12.0. The third-order valence-corrected chi connectivity index (χ3v) is 7.14. The summed E-state index contributed by atoms with van der Waals surface area (Å²) in [5.74, 6) is -0.380. The van der Waals surface area contributed by atoms with E-state index in [9.17, 15) is 13.2 Å². The van der Waals surface area contributed by atoms with Gasteiger partial charge in [0, 0.05) is 18.2 Å². The number of benzene rings is 1. The van der Waals surface area contributed by atoms with E-state index < -0.39 is 32.3 Å². The number of sulfone groups is 1. The number of ether oxygens (including phenoxy) is 1. The summed E-state index contributed by atoms with van der Waals surface area (Å²) in [6, 6.07) is 7.82. The summed E-state index contributed by atoms with van der Waals surface area (Å²) in [5, 5.41) is 2.03. The van der Waals surface area contributed by atoms with Crippen molar-refractivity contribution in [2.75, 3.05) is 12.3 Å². The monoisotopic (exact) mass is 382 g/mol. The molecule has 1 aliphatic rings. The molecule has 1 fully saturated rings. The first-order valence-electron chi connectivity index (χ1n) is 9.02. The fourth-order valence-corrected chi connectivity index (χ4v) is 5.52. The van der Waals surface area contributed by atoms with Crippen LogP contribution in [0.3, 0.4) is 0 Å². The van der Waals surface area contributed by atoms with Gasteiger partial charge in [-0.05, 0) is 38.3 Å². The molecule has 0 saturated heterocycles. The van der Waals surface area contributed by atoms with Gasteiger partial charge in [-0.3, -0.25) is 0 Å². The summed E-state index contributed by atoms with van der Waals surface area (Å²) in [7, 11) is -3.40. The van der Waals surface area contributed by atoms with Crippen LogP contribution < -0.4 is 11.1 Å². The van der Waals surface area contributed by atoms with Crippen LogP contribution >= 0.6 is 0 Å². The molecular formula is C19H30N2O4S. The number of carbonyl (C=O) groups is 1. The van der Waals surface area contributed by atoms with Crippen LogP contribution in [0.2, 0.25) is 0 Å². The number of alkyl carbamates (subject to hydrolysis) is 1. The molecule has 1 aromatic rings. The van der Waals surface area contributed by atoms with Crippen molar-refractivity contribution in [3.05, 3.63) is 35.4 Å². The van der Waals surface area contributed by atoms with Gasteiger partial charge in [-0.15, -0.1) is 0 Å². The number of nitrogens with two attached hydrogens (primary N) is 1. The van der Waals surface area contributed by atoms with E-state index in [1.807, 2.05) is 24.3 Å². The SMILES string of the molecule is CCc1ccc([C@@H]2[C@H](S(=O)(=O)CC)[C@]2(CN)NC(=O)OC(C)(C)C)cc1. The van der Waals surface area contributed by atoms with Gasteiger partial charge in [0.05, 0.1) is 10.8 Å². The van der Waals surface area contributed by atoms with Gasteiger partial charge < -0.3 is 15.8 Å². The van der Waals surface area contributed by atoms with Crippen LogP contribution in [-0.2, 0) is 21.0 Å². The zero-order chi connectivity index (χ0) is 19.8. The van der Waals surface area contributed by atoms with Crippen molar-refractivity contribution in [1.82, 2.24) is 5.32 Å². The molecule has 0 spiro atoms. The van der Waals surface area contributed by atoms with Crippen LogP contribution in [0.5, 0.6) is 0 Å². The molecule has 0 unspecified atom stereocenters. The second kappa shape index (κ2) is 7.19. The number of rotatable bonds is 6. The number of aryl methyl sites for hydroxylation is 1. The van der Waals surface area contributed by atoms with Crippen LogP contribution in [0.1, 0.15) is 51.7 Å². The third kappa shape index (κ3) is 4.04. The van der Waals surface area contributed by atoms with E-state index >= 15 is 0 Å². The molecule has 1 aliphatic carbocycles. The Kier molecular flexibility index (Phi) is 5.73.